The molecule has 0 saturated heterocycles. The third kappa shape index (κ3) is 3.12. The van der Waals surface area contributed by atoms with Crippen LogP contribution in [0.1, 0.15) is 5.69 Å². The van der Waals surface area contributed by atoms with Gasteiger partial charge in [0.25, 0.3) is 0 Å². The number of carbonyl (C=O) groups excluding carboxylic acids is 1. The number of carbonyl (C=O) groups is 1. The van der Waals surface area contributed by atoms with Crippen molar-refractivity contribution in [1.82, 2.24) is 4.98 Å². The van der Waals surface area contributed by atoms with Gasteiger partial charge >= 0.3 is 0 Å². The van der Waals surface area contributed by atoms with E-state index in [4.69, 9.17) is 9.15 Å². The van der Waals surface area contributed by atoms with Crippen molar-refractivity contribution in [3.8, 4) is 28.5 Å². The van der Waals surface area contributed by atoms with E-state index >= 15 is 0 Å². The molecule has 3 aromatic rings. The Morgan fingerprint density at radius 3 is 2.54 bits per heavy atom. The molecule has 0 unspecified atom stereocenters. The van der Waals surface area contributed by atoms with Crippen molar-refractivity contribution in [2.75, 3.05) is 7.11 Å². The summed E-state index contributed by atoms with van der Waals surface area (Å²) >= 11 is 0. The summed E-state index contributed by atoms with van der Waals surface area (Å²) in [5.74, 6) is -0.887. The monoisotopic (exact) mass is 326 g/mol. The third-order valence-electron chi connectivity index (χ3n) is 3.46. The summed E-state index contributed by atoms with van der Waals surface area (Å²) in [4.78, 5) is 15.2. The summed E-state index contributed by atoms with van der Waals surface area (Å²) in [5, 5.41) is 11.0. The maximum atomic E-state index is 14.0. The summed E-state index contributed by atoms with van der Waals surface area (Å²) in [6.45, 7) is 0. The summed E-state index contributed by atoms with van der Waals surface area (Å²) in [7, 11) is 1.55. The number of nitrogens with zero attached hydrogens (tertiary/aromatic N) is 1. The van der Waals surface area contributed by atoms with Gasteiger partial charge in [-0.3, -0.25) is 0 Å². The molecule has 0 aliphatic carbocycles. The Hall–Kier alpha value is -3.15. The molecule has 0 fully saturated rings. The Kier molecular flexibility index (Phi) is 4.29. The van der Waals surface area contributed by atoms with Crippen LogP contribution >= 0.6 is 0 Å². The van der Waals surface area contributed by atoms with Crippen molar-refractivity contribution in [2.45, 2.75) is 6.42 Å². The number of hydrogen-bond donors (Lipinski definition) is 0. The van der Waals surface area contributed by atoms with Crippen molar-refractivity contribution in [3.05, 3.63) is 60.0 Å². The second-order valence-electron chi connectivity index (χ2n) is 5.05. The van der Waals surface area contributed by atoms with Gasteiger partial charge in [0.15, 0.2) is 5.76 Å². The minimum Gasteiger partial charge on any atom is -0.550 e. The Morgan fingerprint density at radius 1 is 1.21 bits per heavy atom. The van der Waals surface area contributed by atoms with E-state index in [1.807, 2.05) is 0 Å². The molecule has 5 nitrogen and oxygen atoms in total. The number of carboxylic acids is 1. The average molecular weight is 326 g/mol. The molecule has 24 heavy (non-hydrogen) atoms. The van der Waals surface area contributed by atoms with E-state index < -0.39 is 18.2 Å². The Labute approximate surface area is 137 Å². The predicted octanol–water partition coefficient (Wildman–Crippen LogP) is 2.45. The molecule has 2 aromatic carbocycles. The van der Waals surface area contributed by atoms with Crippen LogP contribution in [-0.2, 0) is 11.2 Å². The first kappa shape index (κ1) is 15.7. The van der Waals surface area contributed by atoms with Crippen LogP contribution in [-0.4, -0.2) is 18.1 Å². The molecular formula is C18H13FNO4-. The first-order chi connectivity index (χ1) is 11.6. The van der Waals surface area contributed by atoms with Gasteiger partial charge < -0.3 is 19.1 Å². The molecule has 0 saturated carbocycles. The van der Waals surface area contributed by atoms with Crippen LogP contribution < -0.4 is 9.84 Å². The SMILES string of the molecule is COc1ccc(-c2nc(CC(=O)[O-])c(-c3ccccc3F)o2)cc1. The van der Waals surface area contributed by atoms with Crippen molar-refractivity contribution in [1.29, 1.82) is 0 Å². The topological polar surface area (TPSA) is 75.4 Å². The molecule has 1 heterocycles. The number of halogens is 1. The van der Waals surface area contributed by atoms with Gasteiger partial charge in [-0.1, -0.05) is 12.1 Å². The molecule has 0 amide bonds. The lowest BCUT2D eigenvalue weighted by molar-refractivity contribution is -0.304. The highest BCUT2D eigenvalue weighted by atomic mass is 19.1. The van der Waals surface area contributed by atoms with Crippen LogP contribution in [0.4, 0.5) is 4.39 Å². The number of aromatic nitrogens is 1. The van der Waals surface area contributed by atoms with Crippen LogP contribution in [0, 0.1) is 5.82 Å². The fourth-order valence-corrected chi connectivity index (χ4v) is 2.32. The zero-order valence-corrected chi connectivity index (χ0v) is 12.8. The summed E-state index contributed by atoms with van der Waals surface area (Å²) in [6.07, 6.45) is -0.469. The predicted molar refractivity (Wildman–Crippen MR) is 82.6 cm³/mol. The minimum absolute atomic E-state index is 0.0862. The number of ether oxygens (including phenoxy) is 1. The van der Waals surface area contributed by atoms with Gasteiger partial charge in [0.05, 0.1) is 18.4 Å². The Morgan fingerprint density at radius 2 is 1.92 bits per heavy atom. The number of rotatable bonds is 5. The van der Waals surface area contributed by atoms with Gasteiger partial charge in [0.1, 0.15) is 11.6 Å². The average Bonchev–Trinajstić information content (AvgIpc) is 2.98. The van der Waals surface area contributed by atoms with Crippen LogP contribution in [0.15, 0.2) is 52.9 Å². The lowest BCUT2D eigenvalue weighted by Gasteiger charge is -2.03. The molecule has 0 N–H and O–H groups in total. The van der Waals surface area contributed by atoms with Crippen LogP contribution in [0.5, 0.6) is 5.75 Å². The van der Waals surface area contributed by atoms with Gasteiger partial charge in [-0.05, 0) is 36.4 Å². The van der Waals surface area contributed by atoms with Crippen molar-refractivity contribution < 1.29 is 23.4 Å². The molecule has 0 spiro atoms. The Balaban J connectivity index is 2.09. The van der Waals surface area contributed by atoms with Crippen molar-refractivity contribution >= 4 is 5.97 Å². The molecule has 0 aliphatic rings. The third-order valence-corrected chi connectivity index (χ3v) is 3.46. The lowest BCUT2D eigenvalue weighted by atomic mass is 10.1. The number of aliphatic carboxylic acids is 1. The lowest BCUT2D eigenvalue weighted by Crippen LogP contribution is -2.24. The standard InChI is InChI=1S/C18H14FNO4/c1-23-12-8-6-11(7-9-12)18-20-15(10-16(21)22)17(24-18)13-4-2-3-5-14(13)19/h2-9H,10H2,1H3,(H,21,22)/p-1. The van der Waals surface area contributed by atoms with Gasteiger partial charge in [0, 0.05) is 18.0 Å². The summed E-state index contributed by atoms with van der Waals surface area (Å²) in [6, 6.07) is 12.8. The van der Waals surface area contributed by atoms with E-state index in [0.29, 0.717) is 11.3 Å². The number of carboxylic acid groups (broad SMARTS) is 1. The van der Waals surface area contributed by atoms with Gasteiger partial charge in [-0.15, -0.1) is 0 Å². The summed E-state index contributed by atoms with van der Waals surface area (Å²) < 4.78 is 24.8. The quantitative estimate of drug-likeness (QED) is 0.720. The molecule has 0 aliphatic heterocycles. The molecule has 0 bridgehead atoms. The Bertz CT molecular complexity index is 871. The van der Waals surface area contributed by atoms with E-state index in [2.05, 4.69) is 4.98 Å². The first-order valence-corrected chi connectivity index (χ1v) is 7.17. The molecule has 0 atom stereocenters. The van der Waals surface area contributed by atoms with Gasteiger partial charge in [0.2, 0.25) is 5.89 Å². The fraction of sp³-hybridized carbons (Fsp3) is 0.111. The number of oxazole rings is 1. The van der Waals surface area contributed by atoms with E-state index in [9.17, 15) is 14.3 Å². The number of benzene rings is 2. The number of hydrogen-bond acceptors (Lipinski definition) is 5. The van der Waals surface area contributed by atoms with Crippen molar-refractivity contribution in [2.24, 2.45) is 0 Å². The molecule has 1 aromatic heterocycles. The maximum Gasteiger partial charge on any atom is 0.227 e. The van der Waals surface area contributed by atoms with Crippen molar-refractivity contribution in [3.63, 3.8) is 0 Å². The minimum atomic E-state index is -1.32. The van der Waals surface area contributed by atoms with E-state index in [0.717, 1.165) is 0 Å². The molecule has 6 heteroatoms. The fourth-order valence-electron chi connectivity index (χ4n) is 2.32. The molecular weight excluding hydrogens is 313 g/mol. The highest BCUT2D eigenvalue weighted by Gasteiger charge is 2.19. The van der Waals surface area contributed by atoms with E-state index in [-0.39, 0.29) is 22.9 Å². The van der Waals surface area contributed by atoms with Crippen LogP contribution in [0.2, 0.25) is 0 Å². The zero-order chi connectivity index (χ0) is 17.1. The smallest absolute Gasteiger partial charge is 0.227 e. The van der Waals surface area contributed by atoms with Crippen LogP contribution in [0.3, 0.4) is 0 Å². The van der Waals surface area contributed by atoms with Gasteiger partial charge in [-0.2, -0.15) is 0 Å². The van der Waals surface area contributed by atoms with E-state index in [1.54, 1.807) is 37.4 Å². The molecule has 3 rings (SSSR count). The van der Waals surface area contributed by atoms with E-state index in [1.165, 1.54) is 18.2 Å². The largest absolute Gasteiger partial charge is 0.550 e. The van der Waals surface area contributed by atoms with Crippen LogP contribution in [0.25, 0.3) is 22.8 Å². The highest BCUT2D eigenvalue weighted by Crippen LogP contribution is 2.32. The second-order valence-corrected chi connectivity index (χ2v) is 5.05. The number of methoxy groups -OCH3 is 1. The first-order valence-electron chi connectivity index (χ1n) is 7.17. The summed E-state index contributed by atoms with van der Waals surface area (Å²) in [5.41, 5.74) is 0.893. The maximum absolute atomic E-state index is 14.0. The molecule has 0 radical (unpaired) electrons. The van der Waals surface area contributed by atoms with Gasteiger partial charge in [-0.25, -0.2) is 9.37 Å². The zero-order valence-electron chi connectivity index (χ0n) is 12.8. The second kappa shape index (κ2) is 6.54. The molecule has 122 valence electrons. The highest BCUT2D eigenvalue weighted by molar-refractivity contribution is 5.73. The normalized spacial score (nSPS) is 10.6.